The number of pyridine rings is 1. The zero-order valence-electron chi connectivity index (χ0n) is 19.8. The van der Waals surface area contributed by atoms with Gasteiger partial charge >= 0.3 is 35.5 Å². The minimum absolute atomic E-state index is 0. The van der Waals surface area contributed by atoms with E-state index >= 15 is 0 Å². The third-order valence-corrected chi connectivity index (χ3v) is 7.93. The molecule has 0 spiro atoms. The zero-order valence-corrected chi connectivity index (χ0v) is 25.7. The summed E-state index contributed by atoms with van der Waals surface area (Å²) in [5.74, 6) is -2.78. The molecule has 1 fully saturated rings. The Hall–Kier alpha value is -1.30. The summed E-state index contributed by atoms with van der Waals surface area (Å²) >= 11 is 19.5. The number of hydrogen-bond donors (Lipinski definition) is 1. The molecule has 0 unspecified atom stereocenters. The van der Waals surface area contributed by atoms with Crippen molar-refractivity contribution >= 4 is 76.2 Å². The first-order valence-electron chi connectivity index (χ1n) is 10.3. The quantitative estimate of drug-likeness (QED) is 0.130. The predicted octanol–water partition coefficient (Wildman–Crippen LogP) is -2.96. The van der Waals surface area contributed by atoms with Crippen LogP contribution in [0, 0.1) is 0 Å². The number of halogens is 3. The van der Waals surface area contributed by atoms with Crippen molar-refractivity contribution in [3.8, 4) is 0 Å². The number of carboxylic acids is 2. The molecule has 13 nitrogen and oxygen atoms in total. The van der Waals surface area contributed by atoms with Crippen LogP contribution in [0.2, 0.25) is 0 Å². The van der Waals surface area contributed by atoms with E-state index in [9.17, 15) is 24.6 Å². The molecule has 2 aliphatic heterocycles. The van der Waals surface area contributed by atoms with Crippen LogP contribution in [0.3, 0.4) is 0 Å². The SMILES string of the molecule is Cn1nnnc1SCC1=C(C(=O)[O-])N2C(=O)[C@@H](N=c3ccn(COCC(Cl)(Cl)Cl)cc3C(=O)O)[C@H]2SC1.[Na+]. The van der Waals surface area contributed by atoms with E-state index in [2.05, 4.69) is 20.5 Å². The standard InChI is InChI=1S/C19H18Cl3N7O6S2.Na/c1-27-18(24-25-26-27)37-6-9-5-36-15-12(14(30)29(15)13(9)17(33)34)23-11-2-3-28(4-10(11)16(31)32)8-35-7-19(20,21)22;/h2-4,12,15H,5-8H2,1H3,(H,31,32)(H,33,34);/q;+1/p-1/t12-,15-;/m1./s1. The molecular weight excluding hydrogens is 616 g/mol. The number of amides is 1. The first kappa shape index (κ1) is 31.2. The van der Waals surface area contributed by atoms with Crippen LogP contribution >= 0.6 is 58.3 Å². The number of ether oxygens (including phenoxy) is 1. The van der Waals surface area contributed by atoms with Crippen molar-refractivity contribution in [1.29, 1.82) is 0 Å². The number of carbonyl (C=O) groups is 3. The molecule has 4 heterocycles. The van der Waals surface area contributed by atoms with Gasteiger partial charge < -0.3 is 24.3 Å². The topological polar surface area (TPSA) is 168 Å². The van der Waals surface area contributed by atoms with E-state index in [0.717, 1.165) is 4.90 Å². The monoisotopic (exact) mass is 631 g/mol. The molecule has 0 bridgehead atoms. The van der Waals surface area contributed by atoms with Crippen LogP contribution in [0.1, 0.15) is 10.4 Å². The van der Waals surface area contributed by atoms with E-state index in [-0.39, 0.29) is 65.3 Å². The Morgan fingerprint density at radius 1 is 1.39 bits per heavy atom. The number of aromatic nitrogens is 5. The Balaban J connectivity index is 0.00000400. The smallest absolute Gasteiger partial charge is 0.543 e. The molecule has 2 atom stereocenters. The molecule has 38 heavy (non-hydrogen) atoms. The van der Waals surface area contributed by atoms with Gasteiger partial charge in [-0.25, -0.2) is 9.48 Å². The zero-order chi connectivity index (χ0) is 26.9. The summed E-state index contributed by atoms with van der Waals surface area (Å²) < 4.78 is 6.49. The molecule has 2 aromatic heterocycles. The van der Waals surface area contributed by atoms with Gasteiger partial charge in [-0.1, -0.05) is 46.6 Å². The van der Waals surface area contributed by atoms with Crippen molar-refractivity contribution in [3.63, 3.8) is 0 Å². The average molecular weight is 633 g/mol. The number of fused-ring (bicyclic) bond motifs is 1. The fourth-order valence-corrected chi connectivity index (χ4v) is 6.10. The second-order valence-electron chi connectivity index (χ2n) is 7.75. The summed E-state index contributed by atoms with van der Waals surface area (Å²) in [6.45, 7) is -0.303. The van der Waals surface area contributed by atoms with Gasteiger partial charge in [0.2, 0.25) is 8.95 Å². The number of thioether (sulfide) groups is 2. The van der Waals surface area contributed by atoms with Gasteiger partial charge in [-0.05, 0) is 22.1 Å². The first-order valence-corrected chi connectivity index (χ1v) is 13.5. The number of hydrogen-bond acceptors (Lipinski definition) is 11. The second-order valence-corrected chi connectivity index (χ2v) is 12.3. The molecule has 0 aromatic carbocycles. The summed E-state index contributed by atoms with van der Waals surface area (Å²) in [6, 6.07) is 0.448. The van der Waals surface area contributed by atoms with Crippen LogP contribution in [0.15, 0.2) is 39.9 Å². The molecule has 1 saturated heterocycles. The summed E-state index contributed by atoms with van der Waals surface area (Å²) in [5.41, 5.74) is 0.0956. The molecule has 1 N–H and O–H groups in total. The Bertz CT molecular complexity index is 1350. The Morgan fingerprint density at radius 3 is 2.74 bits per heavy atom. The van der Waals surface area contributed by atoms with Crippen molar-refractivity contribution in [3.05, 3.63) is 40.7 Å². The maximum absolute atomic E-state index is 13.0. The molecule has 0 aliphatic carbocycles. The van der Waals surface area contributed by atoms with Crippen LogP contribution in [0.25, 0.3) is 0 Å². The van der Waals surface area contributed by atoms with E-state index in [4.69, 9.17) is 39.5 Å². The van der Waals surface area contributed by atoms with Gasteiger partial charge in [0, 0.05) is 30.9 Å². The fraction of sp³-hybridized carbons (Fsp3) is 0.421. The fourth-order valence-electron chi connectivity index (χ4n) is 3.55. The van der Waals surface area contributed by atoms with Gasteiger partial charge in [-0.2, -0.15) is 0 Å². The third-order valence-electron chi connectivity index (χ3n) is 5.18. The van der Waals surface area contributed by atoms with Gasteiger partial charge in [0.25, 0.3) is 5.91 Å². The van der Waals surface area contributed by atoms with Crippen LogP contribution in [-0.4, -0.2) is 85.9 Å². The van der Waals surface area contributed by atoms with Gasteiger partial charge in [0.15, 0.2) is 6.04 Å². The van der Waals surface area contributed by atoms with Crippen LogP contribution in [-0.2, 0) is 28.1 Å². The van der Waals surface area contributed by atoms with Crippen molar-refractivity contribution < 1.29 is 58.9 Å². The van der Waals surface area contributed by atoms with Gasteiger partial charge in [0.05, 0.1) is 23.6 Å². The average Bonchev–Trinajstić information content (AvgIpc) is 3.24. The van der Waals surface area contributed by atoms with E-state index in [1.165, 1.54) is 51.2 Å². The summed E-state index contributed by atoms with van der Waals surface area (Å²) in [5, 5.41) is 32.6. The van der Waals surface area contributed by atoms with Gasteiger partial charge in [-0.15, -0.1) is 16.9 Å². The number of carboxylic acid groups (broad SMARTS) is 2. The first-order chi connectivity index (χ1) is 17.5. The van der Waals surface area contributed by atoms with Crippen LogP contribution in [0.4, 0.5) is 0 Å². The second kappa shape index (κ2) is 12.9. The maximum atomic E-state index is 13.0. The number of nitrogens with zero attached hydrogens (tertiary/aromatic N) is 7. The van der Waals surface area contributed by atoms with Gasteiger partial charge in [-0.3, -0.25) is 14.7 Å². The number of carbonyl (C=O) groups excluding carboxylic acids is 2. The normalized spacial score (nSPS) is 19.6. The van der Waals surface area contributed by atoms with E-state index in [1.807, 2.05) is 0 Å². The molecule has 19 heteroatoms. The van der Waals surface area contributed by atoms with E-state index in [0.29, 0.717) is 16.5 Å². The van der Waals surface area contributed by atoms with Crippen molar-refractivity contribution in [2.24, 2.45) is 12.0 Å². The van der Waals surface area contributed by atoms with Crippen LogP contribution in [0.5, 0.6) is 0 Å². The van der Waals surface area contributed by atoms with Crippen molar-refractivity contribution in [2.45, 2.75) is 27.1 Å². The Morgan fingerprint density at radius 2 is 2.13 bits per heavy atom. The number of aromatic carboxylic acids is 1. The minimum Gasteiger partial charge on any atom is -0.543 e. The van der Waals surface area contributed by atoms with Crippen molar-refractivity contribution in [2.75, 3.05) is 18.1 Å². The molecule has 4 rings (SSSR count). The predicted molar refractivity (Wildman–Crippen MR) is 132 cm³/mol. The molecule has 1 amide bonds. The van der Waals surface area contributed by atoms with Gasteiger partial charge in [0.1, 0.15) is 17.7 Å². The summed E-state index contributed by atoms with van der Waals surface area (Å²) in [7, 11) is 1.65. The number of alkyl halides is 3. The largest absolute Gasteiger partial charge is 1.00 e. The van der Waals surface area contributed by atoms with Crippen LogP contribution < -0.4 is 40.0 Å². The molecular formula is C19H17Cl3N7NaO6S2. The molecule has 2 aliphatic rings. The van der Waals surface area contributed by atoms with E-state index < -0.39 is 33.1 Å². The number of tetrazole rings is 1. The Kier molecular flexibility index (Phi) is 10.6. The third kappa shape index (κ3) is 7.06. The summed E-state index contributed by atoms with van der Waals surface area (Å²) in [6.07, 6.45) is 2.78. The molecule has 2 aromatic rings. The van der Waals surface area contributed by atoms with Crippen molar-refractivity contribution in [1.82, 2.24) is 29.7 Å². The Labute approximate surface area is 260 Å². The van der Waals surface area contributed by atoms with E-state index in [1.54, 1.807) is 7.05 Å². The number of aliphatic carboxylic acids is 1. The molecule has 0 saturated carbocycles. The number of β-lactam (4-membered cyclic amide) rings is 1. The number of rotatable bonds is 9. The number of aryl methyl sites for hydroxylation is 1. The summed E-state index contributed by atoms with van der Waals surface area (Å²) in [4.78, 5) is 42.2. The molecule has 0 radical (unpaired) electrons. The molecule has 198 valence electrons. The maximum Gasteiger partial charge on any atom is 1.00 e. The minimum atomic E-state index is -1.62.